The third-order valence-electron chi connectivity index (χ3n) is 2.84. The molecule has 0 amide bonds. The Morgan fingerprint density at radius 1 is 1.55 bits per heavy atom. The van der Waals surface area contributed by atoms with E-state index in [-0.39, 0.29) is 17.9 Å². The highest BCUT2D eigenvalue weighted by atomic mass is 35.5. The molecule has 0 bridgehead atoms. The summed E-state index contributed by atoms with van der Waals surface area (Å²) in [5.41, 5.74) is 0.182. The normalized spacial score (nSPS) is 10.5. The first-order valence-electron chi connectivity index (χ1n) is 5.58. The number of aryl methyl sites for hydroxylation is 1. The van der Waals surface area contributed by atoms with Crippen LogP contribution in [0.15, 0.2) is 24.4 Å². The molecule has 1 heterocycles. The largest absolute Gasteiger partial charge is 0.477 e. The molecule has 0 atom stereocenters. The molecule has 0 radical (unpaired) electrons. The molecule has 2 rings (SSSR count). The number of carbonyl (C=O) groups is 1. The number of hydrogen-bond donors (Lipinski definition) is 1. The standard InChI is InChI=1S/C12H10ClN3O4/c1-7-14-5-11(12(17)18)15(7)6-8-4-9(13)2-3-10(8)16(19)20/h2-5H,6H2,1H3,(H,17,18). The van der Waals surface area contributed by atoms with Crippen molar-refractivity contribution < 1.29 is 14.8 Å². The van der Waals surface area contributed by atoms with Crippen LogP contribution in [0.3, 0.4) is 0 Å². The van der Waals surface area contributed by atoms with E-state index in [2.05, 4.69) is 4.98 Å². The molecule has 0 unspecified atom stereocenters. The lowest BCUT2D eigenvalue weighted by Gasteiger charge is -2.09. The summed E-state index contributed by atoms with van der Waals surface area (Å²) in [5.74, 6) is -0.688. The van der Waals surface area contributed by atoms with E-state index in [0.29, 0.717) is 16.4 Å². The Labute approximate surface area is 118 Å². The maximum Gasteiger partial charge on any atom is 0.354 e. The van der Waals surface area contributed by atoms with Crippen LogP contribution in [0, 0.1) is 17.0 Å². The predicted molar refractivity (Wildman–Crippen MR) is 71.1 cm³/mol. The molecule has 0 saturated heterocycles. The average molecular weight is 296 g/mol. The Hall–Kier alpha value is -2.41. The minimum absolute atomic E-state index is 0.0182. The van der Waals surface area contributed by atoms with Crippen LogP contribution in [-0.2, 0) is 6.54 Å². The molecule has 8 heteroatoms. The number of halogens is 1. The SMILES string of the molecule is Cc1ncc(C(=O)O)n1Cc1cc(Cl)ccc1[N+](=O)[O-]. The number of imidazole rings is 1. The lowest BCUT2D eigenvalue weighted by Crippen LogP contribution is -2.12. The maximum absolute atomic E-state index is 11.1. The number of carboxylic acids is 1. The zero-order chi connectivity index (χ0) is 14.9. The van der Waals surface area contributed by atoms with Crippen LogP contribution in [0.1, 0.15) is 21.9 Å². The van der Waals surface area contributed by atoms with Gasteiger partial charge in [-0.15, -0.1) is 0 Å². The average Bonchev–Trinajstić information content (AvgIpc) is 2.71. The van der Waals surface area contributed by atoms with Crippen LogP contribution in [0.25, 0.3) is 0 Å². The molecule has 1 aromatic heterocycles. The van der Waals surface area contributed by atoms with Gasteiger partial charge in [-0.05, 0) is 19.1 Å². The van der Waals surface area contributed by atoms with Crippen molar-refractivity contribution in [2.24, 2.45) is 0 Å². The Balaban J connectivity index is 2.50. The van der Waals surface area contributed by atoms with Crippen molar-refractivity contribution in [2.45, 2.75) is 13.5 Å². The first-order chi connectivity index (χ1) is 9.40. The van der Waals surface area contributed by atoms with E-state index >= 15 is 0 Å². The van der Waals surface area contributed by atoms with Crippen LogP contribution in [0.2, 0.25) is 5.02 Å². The molecule has 0 spiro atoms. The van der Waals surface area contributed by atoms with Crippen LogP contribution < -0.4 is 0 Å². The maximum atomic E-state index is 11.1. The second-order valence-corrected chi connectivity index (χ2v) is 4.55. The summed E-state index contributed by atoms with van der Waals surface area (Å²) in [4.78, 5) is 25.5. The van der Waals surface area contributed by atoms with Crippen LogP contribution >= 0.6 is 11.6 Å². The highest BCUT2D eigenvalue weighted by molar-refractivity contribution is 6.30. The van der Waals surface area contributed by atoms with Gasteiger partial charge in [0, 0.05) is 11.1 Å². The molecule has 1 N–H and O–H groups in total. The Morgan fingerprint density at radius 2 is 2.25 bits per heavy atom. The van der Waals surface area contributed by atoms with E-state index in [1.165, 1.54) is 29.0 Å². The first kappa shape index (κ1) is 14.0. The number of aromatic carboxylic acids is 1. The summed E-state index contributed by atoms with van der Waals surface area (Å²) in [5, 5.41) is 20.4. The van der Waals surface area contributed by atoms with Crippen molar-refractivity contribution in [3.8, 4) is 0 Å². The van der Waals surface area contributed by atoms with Crippen molar-refractivity contribution in [1.29, 1.82) is 0 Å². The van der Waals surface area contributed by atoms with Crippen molar-refractivity contribution in [3.05, 3.63) is 56.6 Å². The van der Waals surface area contributed by atoms with Crippen LogP contribution in [0.4, 0.5) is 5.69 Å². The minimum atomic E-state index is -1.14. The molecule has 2 aromatic rings. The highest BCUT2D eigenvalue weighted by Crippen LogP contribution is 2.24. The summed E-state index contributed by atoms with van der Waals surface area (Å²) in [6, 6.07) is 4.16. The van der Waals surface area contributed by atoms with Crippen LogP contribution in [0.5, 0.6) is 0 Å². The fourth-order valence-corrected chi connectivity index (χ4v) is 2.06. The molecule has 0 aliphatic rings. The van der Waals surface area contributed by atoms with Gasteiger partial charge in [0.15, 0.2) is 0 Å². The van der Waals surface area contributed by atoms with Gasteiger partial charge in [-0.3, -0.25) is 10.1 Å². The van der Waals surface area contributed by atoms with E-state index in [9.17, 15) is 14.9 Å². The summed E-state index contributed by atoms with van der Waals surface area (Å²) in [7, 11) is 0. The molecule has 0 aliphatic heterocycles. The van der Waals surface area contributed by atoms with E-state index in [1.807, 2.05) is 0 Å². The number of benzene rings is 1. The zero-order valence-electron chi connectivity index (χ0n) is 10.4. The van der Waals surface area contributed by atoms with E-state index in [0.717, 1.165) is 0 Å². The first-order valence-corrected chi connectivity index (χ1v) is 5.96. The second kappa shape index (κ2) is 5.30. The van der Waals surface area contributed by atoms with Gasteiger partial charge >= 0.3 is 5.97 Å². The second-order valence-electron chi connectivity index (χ2n) is 4.11. The fourth-order valence-electron chi connectivity index (χ4n) is 1.87. The predicted octanol–water partition coefficient (Wildman–Crippen LogP) is 2.50. The molecule has 0 fully saturated rings. The molecule has 0 aliphatic carbocycles. The molecular formula is C12H10ClN3O4. The van der Waals surface area contributed by atoms with Gasteiger partial charge in [0.1, 0.15) is 11.5 Å². The number of nitro benzene ring substituents is 1. The van der Waals surface area contributed by atoms with E-state index in [4.69, 9.17) is 16.7 Å². The number of hydrogen-bond acceptors (Lipinski definition) is 4. The molecule has 1 aromatic carbocycles. The van der Waals surface area contributed by atoms with Crippen molar-refractivity contribution in [3.63, 3.8) is 0 Å². The highest BCUT2D eigenvalue weighted by Gasteiger charge is 2.19. The summed E-state index contributed by atoms with van der Waals surface area (Å²) >= 11 is 5.84. The molecular weight excluding hydrogens is 286 g/mol. The number of rotatable bonds is 4. The quantitative estimate of drug-likeness (QED) is 0.690. The van der Waals surface area contributed by atoms with Crippen molar-refractivity contribution >= 4 is 23.3 Å². The van der Waals surface area contributed by atoms with Crippen molar-refractivity contribution in [1.82, 2.24) is 9.55 Å². The topological polar surface area (TPSA) is 98.3 Å². The number of carboxylic acid groups (broad SMARTS) is 1. The Bertz CT molecular complexity index is 696. The van der Waals surface area contributed by atoms with Gasteiger partial charge in [-0.25, -0.2) is 9.78 Å². The van der Waals surface area contributed by atoms with Gasteiger partial charge < -0.3 is 9.67 Å². The fraction of sp³-hybridized carbons (Fsp3) is 0.167. The monoisotopic (exact) mass is 295 g/mol. The Morgan fingerprint density at radius 3 is 2.85 bits per heavy atom. The van der Waals surface area contributed by atoms with Crippen molar-refractivity contribution in [2.75, 3.05) is 0 Å². The van der Waals surface area contributed by atoms with Gasteiger partial charge in [0.05, 0.1) is 23.2 Å². The van der Waals surface area contributed by atoms with E-state index < -0.39 is 10.9 Å². The lowest BCUT2D eigenvalue weighted by molar-refractivity contribution is -0.385. The molecule has 7 nitrogen and oxygen atoms in total. The summed E-state index contributed by atoms with van der Waals surface area (Å²) in [6.45, 7) is 1.65. The third-order valence-corrected chi connectivity index (χ3v) is 3.08. The summed E-state index contributed by atoms with van der Waals surface area (Å²) < 4.78 is 1.39. The zero-order valence-corrected chi connectivity index (χ0v) is 11.2. The summed E-state index contributed by atoms with van der Waals surface area (Å²) in [6.07, 6.45) is 1.22. The number of aromatic nitrogens is 2. The van der Waals surface area contributed by atoms with Gasteiger partial charge in [0.25, 0.3) is 5.69 Å². The van der Waals surface area contributed by atoms with E-state index in [1.54, 1.807) is 6.92 Å². The van der Waals surface area contributed by atoms with Crippen LogP contribution in [-0.4, -0.2) is 25.6 Å². The van der Waals surface area contributed by atoms with Gasteiger partial charge in [-0.1, -0.05) is 11.6 Å². The van der Waals surface area contributed by atoms with Gasteiger partial charge in [0.2, 0.25) is 0 Å². The smallest absolute Gasteiger partial charge is 0.354 e. The Kier molecular flexibility index (Phi) is 3.71. The third kappa shape index (κ3) is 2.62. The molecule has 20 heavy (non-hydrogen) atoms. The lowest BCUT2D eigenvalue weighted by atomic mass is 10.1. The van der Waals surface area contributed by atoms with Gasteiger partial charge in [-0.2, -0.15) is 0 Å². The minimum Gasteiger partial charge on any atom is -0.477 e. The number of nitrogens with zero attached hydrogens (tertiary/aromatic N) is 3. The number of nitro groups is 1. The molecule has 104 valence electrons. The molecule has 0 saturated carbocycles.